The number of carbonyl (C=O) groups excluding carboxylic acids is 1. The topological polar surface area (TPSA) is 118 Å². The van der Waals surface area contributed by atoms with E-state index in [9.17, 15) is 20.1 Å². The van der Waals surface area contributed by atoms with Crippen molar-refractivity contribution >= 4 is 5.91 Å². The van der Waals surface area contributed by atoms with E-state index in [-0.39, 0.29) is 51.1 Å². The third-order valence-corrected chi connectivity index (χ3v) is 16.3. The van der Waals surface area contributed by atoms with Crippen LogP contribution in [0.2, 0.25) is 0 Å². The molecule has 2 saturated heterocycles. The molecule has 0 bridgehead atoms. The Morgan fingerprint density at radius 2 is 1.69 bits per heavy atom. The van der Waals surface area contributed by atoms with Crippen molar-refractivity contribution in [2.45, 2.75) is 156 Å². The van der Waals surface area contributed by atoms with Crippen molar-refractivity contribution in [2.75, 3.05) is 32.9 Å². The molecular weight excluding hydrogens is 610 g/mol. The van der Waals surface area contributed by atoms with Crippen molar-refractivity contribution in [3.05, 3.63) is 0 Å². The molecule has 7 aliphatic rings. The molecule has 0 aromatic carbocycles. The summed E-state index contributed by atoms with van der Waals surface area (Å²) in [4.78, 5) is 15.2. The minimum atomic E-state index is -1.28. The van der Waals surface area contributed by atoms with Gasteiger partial charge in [0, 0.05) is 12.0 Å². The number of carbonyl (C=O) groups is 1. The molecule has 2 heterocycles. The molecule has 13 unspecified atom stereocenters. The Balaban J connectivity index is 1.09. The third kappa shape index (κ3) is 4.69. The highest BCUT2D eigenvalue weighted by molar-refractivity contribution is 5.83. The first-order valence-electron chi connectivity index (χ1n) is 19.2. The summed E-state index contributed by atoms with van der Waals surface area (Å²) in [6.07, 6.45) is 5.82. The minimum absolute atomic E-state index is 0.0353. The van der Waals surface area contributed by atoms with E-state index in [0.29, 0.717) is 44.7 Å². The van der Waals surface area contributed by atoms with Crippen LogP contribution >= 0.6 is 0 Å². The van der Waals surface area contributed by atoms with Crippen LogP contribution in [0.3, 0.4) is 0 Å². The first-order valence-corrected chi connectivity index (χ1v) is 19.2. The van der Waals surface area contributed by atoms with Crippen LogP contribution in [0.4, 0.5) is 0 Å². The van der Waals surface area contributed by atoms with Crippen LogP contribution in [0.1, 0.15) is 114 Å². The number of rotatable bonds is 8. The molecule has 0 aromatic rings. The maximum atomic E-state index is 13.3. The van der Waals surface area contributed by atoms with Crippen molar-refractivity contribution in [3.8, 4) is 0 Å². The van der Waals surface area contributed by atoms with Crippen molar-refractivity contribution in [3.63, 3.8) is 0 Å². The van der Waals surface area contributed by atoms with Crippen molar-refractivity contribution in [2.24, 2.45) is 50.2 Å². The van der Waals surface area contributed by atoms with E-state index in [1.54, 1.807) is 13.8 Å². The van der Waals surface area contributed by atoms with Gasteiger partial charge in [0.25, 0.3) is 0 Å². The monoisotopic (exact) mass is 675 g/mol. The van der Waals surface area contributed by atoms with Gasteiger partial charge in [-0.05, 0) is 112 Å². The normalized spacial score (nSPS) is 48.7. The number of amides is 1. The van der Waals surface area contributed by atoms with Crippen LogP contribution in [0.25, 0.3) is 0 Å². The summed E-state index contributed by atoms with van der Waals surface area (Å²) in [5.74, 6) is 1.28. The SMILES string of the molecule is CCC1C(OC(C)C(O)C(C)(C)O)C(O)C2(C)C3CCC4C(C)(C)C(OC5CN(C(=O)C6(C)COC6)CCO5)CCC45CC35CCC12C. The average molecular weight is 676 g/mol. The molecule has 2 spiro atoms. The summed E-state index contributed by atoms with van der Waals surface area (Å²) in [6, 6.07) is 0. The van der Waals surface area contributed by atoms with Gasteiger partial charge in [-0.3, -0.25) is 4.79 Å². The number of nitrogens with zero attached hydrogens (tertiary/aromatic N) is 1. The number of fused-ring (bicyclic) bond motifs is 2. The average Bonchev–Trinajstić information content (AvgIpc) is 3.65. The van der Waals surface area contributed by atoms with Gasteiger partial charge in [0.2, 0.25) is 5.91 Å². The Hall–Kier alpha value is -0.810. The van der Waals surface area contributed by atoms with Crippen LogP contribution in [-0.4, -0.2) is 101 Å². The molecule has 13 atom stereocenters. The highest BCUT2D eigenvalue weighted by Crippen LogP contribution is 2.89. The number of hydrogen-bond donors (Lipinski definition) is 3. The van der Waals surface area contributed by atoms with Gasteiger partial charge in [-0.2, -0.15) is 0 Å². The van der Waals surface area contributed by atoms with Crippen molar-refractivity contribution in [1.29, 1.82) is 0 Å². The molecule has 7 fully saturated rings. The Labute approximate surface area is 288 Å². The Morgan fingerprint density at radius 3 is 2.31 bits per heavy atom. The fourth-order valence-electron chi connectivity index (χ4n) is 13.5. The van der Waals surface area contributed by atoms with Gasteiger partial charge < -0.3 is 39.2 Å². The van der Waals surface area contributed by atoms with Gasteiger partial charge in [0.1, 0.15) is 6.10 Å². The fourth-order valence-corrected chi connectivity index (χ4v) is 13.5. The quantitative estimate of drug-likeness (QED) is 0.332. The maximum Gasteiger partial charge on any atom is 0.233 e. The maximum absolute atomic E-state index is 13.3. The highest BCUT2D eigenvalue weighted by atomic mass is 16.7. The summed E-state index contributed by atoms with van der Waals surface area (Å²) in [5.41, 5.74) is -1.62. The number of morpholine rings is 1. The zero-order valence-corrected chi connectivity index (χ0v) is 31.2. The molecule has 9 nitrogen and oxygen atoms in total. The van der Waals surface area contributed by atoms with E-state index in [1.807, 2.05) is 18.7 Å². The Kier molecular flexibility index (Phi) is 8.41. The standard InChI is InChI=1S/C39H65NO8/c1-10-24-29(47-23(2)30(41)34(5,6)44)31(42)37(9)26-12-11-25-33(3,4)27(13-14-38(25)20-39(26,38)16-15-36(24,37)8)48-28-19-40(17-18-46-28)32(43)35(7)21-45-22-35/h23-31,41-42,44H,10-22H2,1-9H3. The van der Waals surface area contributed by atoms with E-state index in [0.717, 1.165) is 38.5 Å². The van der Waals surface area contributed by atoms with Crippen LogP contribution in [0.5, 0.6) is 0 Å². The van der Waals surface area contributed by atoms with Gasteiger partial charge in [0.15, 0.2) is 6.29 Å². The summed E-state index contributed by atoms with van der Waals surface area (Å²) in [5, 5.41) is 33.8. The lowest BCUT2D eigenvalue weighted by molar-refractivity contribution is -0.250. The molecule has 0 radical (unpaired) electrons. The molecule has 5 saturated carbocycles. The number of ether oxygens (including phenoxy) is 4. The minimum Gasteiger partial charge on any atom is -0.390 e. The molecule has 7 rings (SSSR count). The second-order valence-corrected chi connectivity index (χ2v) is 19.3. The second-order valence-electron chi connectivity index (χ2n) is 19.3. The van der Waals surface area contributed by atoms with Gasteiger partial charge >= 0.3 is 0 Å². The van der Waals surface area contributed by atoms with Crippen molar-refractivity contribution < 1.29 is 39.1 Å². The van der Waals surface area contributed by atoms with Crippen LogP contribution < -0.4 is 0 Å². The predicted molar refractivity (Wildman–Crippen MR) is 181 cm³/mol. The number of aliphatic hydroxyl groups is 3. The zero-order chi connectivity index (χ0) is 34.9. The van der Waals surface area contributed by atoms with E-state index in [2.05, 4.69) is 34.6 Å². The Morgan fingerprint density at radius 1 is 1.02 bits per heavy atom. The van der Waals surface area contributed by atoms with E-state index in [4.69, 9.17) is 18.9 Å². The molecule has 2 aliphatic heterocycles. The number of hydrogen-bond acceptors (Lipinski definition) is 8. The predicted octanol–water partition coefficient (Wildman–Crippen LogP) is 4.93. The summed E-state index contributed by atoms with van der Waals surface area (Å²) in [6.45, 7) is 21.5. The molecule has 274 valence electrons. The van der Waals surface area contributed by atoms with E-state index < -0.39 is 35.6 Å². The van der Waals surface area contributed by atoms with Crippen LogP contribution in [0.15, 0.2) is 0 Å². The molecule has 3 N–H and O–H groups in total. The highest BCUT2D eigenvalue weighted by Gasteiger charge is 2.84. The van der Waals surface area contributed by atoms with Gasteiger partial charge in [-0.1, -0.05) is 41.0 Å². The first kappa shape index (κ1) is 35.6. The second kappa shape index (κ2) is 11.3. The van der Waals surface area contributed by atoms with Gasteiger partial charge in [-0.25, -0.2) is 0 Å². The van der Waals surface area contributed by atoms with Crippen LogP contribution in [0, 0.1) is 50.2 Å². The smallest absolute Gasteiger partial charge is 0.233 e. The number of aliphatic hydroxyl groups excluding tert-OH is 2. The van der Waals surface area contributed by atoms with E-state index in [1.165, 1.54) is 12.8 Å². The van der Waals surface area contributed by atoms with Gasteiger partial charge in [0.05, 0.1) is 61.8 Å². The fraction of sp³-hybridized carbons (Fsp3) is 0.974. The lowest BCUT2D eigenvalue weighted by atomic mass is 9.41. The molecule has 9 heteroatoms. The van der Waals surface area contributed by atoms with Crippen molar-refractivity contribution in [1.82, 2.24) is 4.90 Å². The summed E-state index contributed by atoms with van der Waals surface area (Å²) >= 11 is 0. The zero-order valence-electron chi connectivity index (χ0n) is 31.2. The largest absolute Gasteiger partial charge is 0.390 e. The summed E-state index contributed by atoms with van der Waals surface area (Å²) in [7, 11) is 0. The molecular formula is C39H65NO8. The molecule has 5 aliphatic carbocycles. The molecule has 0 aromatic heterocycles. The van der Waals surface area contributed by atoms with Gasteiger partial charge in [-0.15, -0.1) is 0 Å². The van der Waals surface area contributed by atoms with E-state index >= 15 is 0 Å². The lowest BCUT2D eigenvalue weighted by Crippen LogP contribution is -2.60. The molecule has 48 heavy (non-hydrogen) atoms. The lowest BCUT2D eigenvalue weighted by Gasteiger charge is -2.63. The first-order chi connectivity index (χ1) is 22.3. The summed E-state index contributed by atoms with van der Waals surface area (Å²) < 4.78 is 25.0. The molecule has 1 amide bonds. The Bertz CT molecular complexity index is 1260. The van der Waals surface area contributed by atoms with Crippen LogP contribution in [-0.2, 0) is 23.7 Å². The third-order valence-electron chi connectivity index (χ3n) is 16.3.